The van der Waals surface area contributed by atoms with Crippen LogP contribution in [0, 0.1) is 0 Å². The van der Waals surface area contributed by atoms with E-state index in [1.807, 2.05) is 20.8 Å². The van der Waals surface area contributed by atoms with Gasteiger partial charge in [-0.1, -0.05) is 20.8 Å². The quantitative estimate of drug-likeness (QED) is 0.724. The molecule has 6 nitrogen and oxygen atoms in total. The zero-order chi connectivity index (χ0) is 13.8. The minimum atomic E-state index is -3.32. The molecule has 0 aliphatic heterocycles. The number of sulfonamides is 1. The lowest BCUT2D eigenvalue weighted by Crippen LogP contribution is -2.26. The Morgan fingerprint density at radius 1 is 1.44 bits per heavy atom. The Bertz CT molecular complexity index is 479. The van der Waals surface area contributed by atoms with Crippen LogP contribution in [0.4, 0.5) is 5.69 Å². The molecule has 104 valence electrons. The summed E-state index contributed by atoms with van der Waals surface area (Å²) in [5.41, 5.74) is 1.34. The zero-order valence-corrected chi connectivity index (χ0v) is 12.2. The SMILES string of the molecule is CCNCCS(=O)(=O)Nc1cn(C)nc1C(C)C. The molecule has 1 aromatic rings. The first-order valence-electron chi connectivity index (χ1n) is 6.10. The molecule has 1 heterocycles. The Morgan fingerprint density at radius 2 is 2.11 bits per heavy atom. The van der Waals surface area contributed by atoms with Gasteiger partial charge in [0.2, 0.25) is 10.0 Å². The number of nitrogens with one attached hydrogen (secondary N) is 2. The fourth-order valence-electron chi connectivity index (χ4n) is 1.61. The van der Waals surface area contributed by atoms with E-state index < -0.39 is 10.0 Å². The van der Waals surface area contributed by atoms with Crippen molar-refractivity contribution < 1.29 is 8.42 Å². The third-order valence-electron chi connectivity index (χ3n) is 2.47. The van der Waals surface area contributed by atoms with Gasteiger partial charge in [0.05, 0.1) is 17.1 Å². The van der Waals surface area contributed by atoms with Crippen molar-refractivity contribution in [2.45, 2.75) is 26.7 Å². The molecule has 1 aromatic heterocycles. The Balaban J connectivity index is 2.77. The van der Waals surface area contributed by atoms with Crippen LogP contribution in [-0.2, 0) is 17.1 Å². The molecule has 0 aromatic carbocycles. The predicted molar refractivity (Wildman–Crippen MR) is 73.3 cm³/mol. The molecule has 0 aliphatic carbocycles. The van der Waals surface area contributed by atoms with Crippen LogP contribution < -0.4 is 10.0 Å². The summed E-state index contributed by atoms with van der Waals surface area (Å²) >= 11 is 0. The van der Waals surface area contributed by atoms with Crippen molar-refractivity contribution in [3.63, 3.8) is 0 Å². The summed E-state index contributed by atoms with van der Waals surface area (Å²) in [7, 11) is -1.54. The summed E-state index contributed by atoms with van der Waals surface area (Å²) in [6.45, 7) is 7.12. The highest BCUT2D eigenvalue weighted by molar-refractivity contribution is 7.92. The lowest BCUT2D eigenvalue weighted by Gasteiger charge is -2.09. The van der Waals surface area contributed by atoms with Gasteiger partial charge in [-0.25, -0.2) is 8.42 Å². The van der Waals surface area contributed by atoms with E-state index in [1.165, 1.54) is 0 Å². The molecular formula is C11H22N4O2S. The molecule has 0 unspecified atom stereocenters. The predicted octanol–water partition coefficient (Wildman–Crippen LogP) is 0.895. The molecule has 0 saturated heterocycles. The lowest BCUT2D eigenvalue weighted by atomic mass is 10.1. The van der Waals surface area contributed by atoms with Crippen molar-refractivity contribution >= 4 is 15.7 Å². The molecule has 0 fully saturated rings. The molecule has 0 spiro atoms. The highest BCUT2D eigenvalue weighted by Crippen LogP contribution is 2.22. The smallest absolute Gasteiger partial charge is 0.234 e. The van der Waals surface area contributed by atoms with Crippen molar-refractivity contribution in [3.05, 3.63) is 11.9 Å². The third kappa shape index (κ3) is 4.30. The lowest BCUT2D eigenvalue weighted by molar-refractivity contribution is 0.597. The van der Waals surface area contributed by atoms with E-state index in [-0.39, 0.29) is 11.7 Å². The van der Waals surface area contributed by atoms with E-state index in [1.54, 1.807) is 17.9 Å². The van der Waals surface area contributed by atoms with Gasteiger partial charge in [0.15, 0.2) is 0 Å². The molecule has 7 heteroatoms. The molecule has 0 bridgehead atoms. The molecule has 0 aliphatic rings. The maximum Gasteiger partial charge on any atom is 0.234 e. The van der Waals surface area contributed by atoms with E-state index >= 15 is 0 Å². The average Bonchev–Trinajstić information content (AvgIpc) is 2.58. The Labute approximate surface area is 109 Å². The monoisotopic (exact) mass is 274 g/mol. The topological polar surface area (TPSA) is 76.0 Å². The number of hydrogen-bond donors (Lipinski definition) is 2. The molecule has 0 radical (unpaired) electrons. The van der Waals surface area contributed by atoms with Gasteiger partial charge in [-0.05, 0) is 12.5 Å². The minimum Gasteiger partial charge on any atom is -0.316 e. The fraction of sp³-hybridized carbons (Fsp3) is 0.727. The minimum absolute atomic E-state index is 0.0628. The highest BCUT2D eigenvalue weighted by atomic mass is 32.2. The fourth-order valence-corrected chi connectivity index (χ4v) is 2.62. The molecule has 18 heavy (non-hydrogen) atoms. The van der Waals surface area contributed by atoms with Crippen molar-refractivity contribution in [3.8, 4) is 0 Å². The maximum absolute atomic E-state index is 11.9. The third-order valence-corrected chi connectivity index (χ3v) is 3.74. The van der Waals surface area contributed by atoms with Gasteiger partial charge in [-0.2, -0.15) is 5.10 Å². The largest absolute Gasteiger partial charge is 0.316 e. The van der Waals surface area contributed by atoms with Crippen LogP contribution >= 0.6 is 0 Å². The van der Waals surface area contributed by atoms with Gasteiger partial charge in [0, 0.05) is 19.8 Å². The first kappa shape index (κ1) is 15.0. The molecule has 0 amide bonds. The summed E-state index contributed by atoms with van der Waals surface area (Å²) in [6.07, 6.45) is 1.69. The van der Waals surface area contributed by atoms with E-state index in [9.17, 15) is 8.42 Å². The standard InChI is InChI=1S/C11H22N4O2S/c1-5-12-6-7-18(16,17)14-10-8-15(4)13-11(10)9(2)3/h8-9,12,14H,5-7H2,1-4H3. The Hall–Kier alpha value is -1.08. The van der Waals surface area contributed by atoms with Crippen LogP contribution in [0.3, 0.4) is 0 Å². The van der Waals surface area contributed by atoms with Crippen LogP contribution in [0.15, 0.2) is 6.20 Å². The van der Waals surface area contributed by atoms with Crippen molar-refractivity contribution in [2.75, 3.05) is 23.6 Å². The van der Waals surface area contributed by atoms with E-state index in [0.717, 1.165) is 12.2 Å². The van der Waals surface area contributed by atoms with Crippen LogP contribution in [0.25, 0.3) is 0 Å². The van der Waals surface area contributed by atoms with Crippen LogP contribution in [0.1, 0.15) is 32.4 Å². The van der Waals surface area contributed by atoms with Crippen molar-refractivity contribution in [1.29, 1.82) is 0 Å². The van der Waals surface area contributed by atoms with Crippen molar-refractivity contribution in [1.82, 2.24) is 15.1 Å². The summed E-state index contributed by atoms with van der Waals surface area (Å²) in [6, 6.07) is 0. The van der Waals surface area contributed by atoms with Crippen LogP contribution in [0.2, 0.25) is 0 Å². The van der Waals surface area contributed by atoms with Gasteiger partial charge in [0.25, 0.3) is 0 Å². The molecular weight excluding hydrogens is 252 g/mol. The first-order valence-corrected chi connectivity index (χ1v) is 7.75. The summed E-state index contributed by atoms with van der Waals surface area (Å²) < 4.78 is 28.0. The maximum atomic E-state index is 11.9. The van der Waals surface area contributed by atoms with Crippen LogP contribution in [0.5, 0.6) is 0 Å². The Kier molecular flexibility index (Phi) is 5.15. The van der Waals surface area contributed by atoms with Gasteiger partial charge in [0.1, 0.15) is 0 Å². The molecule has 0 saturated carbocycles. The second kappa shape index (κ2) is 6.19. The number of hydrogen-bond acceptors (Lipinski definition) is 4. The number of anilines is 1. The molecule has 1 rings (SSSR count). The highest BCUT2D eigenvalue weighted by Gasteiger charge is 2.17. The van der Waals surface area contributed by atoms with Gasteiger partial charge in [-0.15, -0.1) is 0 Å². The number of nitrogens with zero attached hydrogens (tertiary/aromatic N) is 2. The second-order valence-electron chi connectivity index (χ2n) is 4.53. The normalized spacial score (nSPS) is 12.1. The van der Waals surface area contributed by atoms with E-state index in [0.29, 0.717) is 12.2 Å². The summed E-state index contributed by atoms with van der Waals surface area (Å²) in [4.78, 5) is 0. The number of rotatable bonds is 7. The van der Waals surface area contributed by atoms with E-state index in [2.05, 4.69) is 15.1 Å². The average molecular weight is 274 g/mol. The van der Waals surface area contributed by atoms with Gasteiger partial charge < -0.3 is 5.32 Å². The first-order chi connectivity index (χ1) is 8.35. The number of aryl methyl sites for hydroxylation is 1. The number of aromatic nitrogens is 2. The van der Waals surface area contributed by atoms with Crippen molar-refractivity contribution in [2.24, 2.45) is 7.05 Å². The van der Waals surface area contributed by atoms with Gasteiger partial charge in [-0.3, -0.25) is 9.40 Å². The van der Waals surface area contributed by atoms with Crippen LogP contribution in [-0.4, -0.2) is 37.0 Å². The molecule has 0 atom stereocenters. The summed E-state index contributed by atoms with van der Waals surface area (Å²) in [5, 5.41) is 7.26. The second-order valence-corrected chi connectivity index (χ2v) is 6.37. The Morgan fingerprint density at radius 3 is 2.67 bits per heavy atom. The zero-order valence-electron chi connectivity index (χ0n) is 11.4. The molecule has 2 N–H and O–H groups in total. The van der Waals surface area contributed by atoms with Gasteiger partial charge >= 0.3 is 0 Å². The van der Waals surface area contributed by atoms with E-state index in [4.69, 9.17) is 0 Å². The summed E-state index contributed by atoms with van der Waals surface area (Å²) in [5.74, 6) is 0.241.